The number of halogens is 3. The van der Waals surface area contributed by atoms with Gasteiger partial charge in [0.15, 0.2) is 0 Å². The van der Waals surface area contributed by atoms with Gasteiger partial charge in [0.1, 0.15) is 0 Å². The van der Waals surface area contributed by atoms with Crippen LogP contribution in [-0.2, 0) is 12.1 Å². The lowest BCUT2D eigenvalue weighted by Gasteiger charge is -2.38. The van der Waals surface area contributed by atoms with Crippen LogP contribution >= 0.6 is 39.1 Å². The molecule has 0 aliphatic carbocycles. The molecule has 3 rings (SSSR count). The zero-order valence-electron chi connectivity index (χ0n) is 12.6. The van der Waals surface area contributed by atoms with Crippen LogP contribution in [0.1, 0.15) is 24.0 Å². The fourth-order valence-electron chi connectivity index (χ4n) is 3.03. The number of hydrogen-bond acceptors (Lipinski definition) is 2. The van der Waals surface area contributed by atoms with Crippen LogP contribution in [0.2, 0.25) is 10.0 Å². The van der Waals surface area contributed by atoms with Crippen molar-refractivity contribution in [3.63, 3.8) is 0 Å². The van der Waals surface area contributed by atoms with Gasteiger partial charge in [-0.05, 0) is 48.2 Å². The van der Waals surface area contributed by atoms with Gasteiger partial charge in [-0.1, -0.05) is 57.3 Å². The quantitative estimate of drug-likeness (QED) is 0.742. The summed E-state index contributed by atoms with van der Waals surface area (Å²) < 4.78 is 1.03. The average Bonchev–Trinajstić information content (AvgIpc) is 2.54. The van der Waals surface area contributed by atoms with Gasteiger partial charge in [-0.15, -0.1) is 0 Å². The van der Waals surface area contributed by atoms with E-state index in [1.807, 2.05) is 42.5 Å². The van der Waals surface area contributed by atoms with Gasteiger partial charge in [0.2, 0.25) is 0 Å². The van der Waals surface area contributed by atoms with E-state index < -0.39 is 5.60 Å². The molecule has 0 radical (unpaired) electrons. The van der Waals surface area contributed by atoms with Crippen LogP contribution in [-0.4, -0.2) is 23.1 Å². The molecule has 2 nitrogen and oxygen atoms in total. The second-order valence-electron chi connectivity index (χ2n) is 6.06. The van der Waals surface area contributed by atoms with E-state index in [9.17, 15) is 5.11 Å². The summed E-state index contributed by atoms with van der Waals surface area (Å²) in [6.45, 7) is 2.53. The number of rotatable bonds is 3. The van der Waals surface area contributed by atoms with Gasteiger partial charge in [0.25, 0.3) is 0 Å². The number of nitrogens with zero attached hydrogens (tertiary/aromatic N) is 1. The van der Waals surface area contributed by atoms with E-state index in [-0.39, 0.29) is 0 Å². The monoisotopic (exact) mass is 413 g/mol. The fraction of sp³-hybridized carbons (Fsp3) is 0.333. The Bertz CT molecular complexity index is 682. The lowest BCUT2D eigenvalue weighted by Crippen LogP contribution is -2.42. The zero-order valence-corrected chi connectivity index (χ0v) is 15.7. The topological polar surface area (TPSA) is 23.5 Å². The fourth-order valence-corrected chi connectivity index (χ4v) is 3.61. The molecule has 0 saturated carbocycles. The number of piperidine rings is 1. The normalized spacial score (nSPS) is 18.1. The maximum atomic E-state index is 10.9. The van der Waals surface area contributed by atoms with Gasteiger partial charge in [-0.3, -0.25) is 4.90 Å². The second kappa shape index (κ2) is 7.12. The van der Waals surface area contributed by atoms with Crippen LogP contribution < -0.4 is 0 Å². The SMILES string of the molecule is OC1(c2ccc(Br)cc2)CCN(Cc2ccc(Cl)c(Cl)c2)CC1. The van der Waals surface area contributed by atoms with Gasteiger partial charge in [-0.2, -0.15) is 0 Å². The first kappa shape index (κ1) is 17.2. The minimum absolute atomic E-state index is 0.582. The molecule has 23 heavy (non-hydrogen) atoms. The van der Waals surface area contributed by atoms with Gasteiger partial charge in [0, 0.05) is 24.1 Å². The maximum absolute atomic E-state index is 10.9. The summed E-state index contributed by atoms with van der Waals surface area (Å²) in [5.74, 6) is 0. The first-order valence-corrected chi connectivity index (χ1v) is 9.16. The van der Waals surface area contributed by atoms with E-state index in [1.54, 1.807) is 0 Å². The Balaban J connectivity index is 1.63. The van der Waals surface area contributed by atoms with Crippen molar-refractivity contribution in [2.75, 3.05) is 13.1 Å². The summed E-state index contributed by atoms with van der Waals surface area (Å²) in [5.41, 5.74) is 1.41. The van der Waals surface area contributed by atoms with Gasteiger partial charge >= 0.3 is 0 Å². The highest BCUT2D eigenvalue weighted by molar-refractivity contribution is 9.10. The first-order valence-electron chi connectivity index (χ1n) is 7.61. The molecule has 1 saturated heterocycles. The molecule has 0 atom stereocenters. The summed E-state index contributed by atoms with van der Waals surface area (Å²) in [6, 6.07) is 13.7. The first-order chi connectivity index (χ1) is 11.0. The molecule has 2 aromatic carbocycles. The Morgan fingerprint density at radius 3 is 2.26 bits per heavy atom. The highest BCUT2D eigenvalue weighted by Crippen LogP contribution is 2.34. The standard InChI is InChI=1S/C18H18BrCl2NO/c19-15-4-2-14(3-5-15)18(23)7-9-22(10-8-18)12-13-1-6-16(20)17(21)11-13/h1-6,11,23H,7-10,12H2. The van der Waals surface area contributed by atoms with Crippen molar-refractivity contribution < 1.29 is 5.11 Å². The maximum Gasteiger partial charge on any atom is 0.0920 e. The lowest BCUT2D eigenvalue weighted by molar-refractivity contribution is -0.0277. The second-order valence-corrected chi connectivity index (χ2v) is 7.79. The van der Waals surface area contributed by atoms with Crippen molar-refractivity contribution in [1.82, 2.24) is 4.90 Å². The summed E-state index contributed by atoms with van der Waals surface area (Å²) in [4.78, 5) is 2.34. The molecule has 0 amide bonds. The third-order valence-electron chi connectivity index (χ3n) is 4.45. The molecule has 1 heterocycles. The molecule has 0 bridgehead atoms. The molecule has 122 valence electrons. The van der Waals surface area contributed by atoms with E-state index in [0.29, 0.717) is 10.0 Å². The largest absolute Gasteiger partial charge is 0.385 e. The van der Waals surface area contributed by atoms with Crippen LogP contribution in [0.4, 0.5) is 0 Å². The summed E-state index contributed by atoms with van der Waals surface area (Å²) in [7, 11) is 0. The smallest absolute Gasteiger partial charge is 0.0920 e. The third-order valence-corrected chi connectivity index (χ3v) is 5.72. The van der Waals surface area contributed by atoms with Crippen LogP contribution in [0.15, 0.2) is 46.9 Å². The molecule has 0 unspecified atom stereocenters. The number of benzene rings is 2. The van der Waals surface area contributed by atoms with Gasteiger partial charge < -0.3 is 5.11 Å². The lowest BCUT2D eigenvalue weighted by atomic mass is 9.84. The number of likely N-dealkylation sites (tertiary alicyclic amines) is 1. The van der Waals surface area contributed by atoms with Crippen molar-refractivity contribution in [3.8, 4) is 0 Å². The van der Waals surface area contributed by atoms with Crippen LogP contribution in [0.25, 0.3) is 0 Å². The van der Waals surface area contributed by atoms with Gasteiger partial charge in [-0.25, -0.2) is 0 Å². The molecule has 1 N–H and O–H groups in total. The number of aliphatic hydroxyl groups is 1. The molecule has 1 aliphatic heterocycles. The minimum atomic E-state index is -0.727. The predicted molar refractivity (Wildman–Crippen MR) is 99.0 cm³/mol. The molecule has 2 aromatic rings. The molecule has 5 heteroatoms. The molecular formula is C18H18BrCl2NO. The van der Waals surface area contributed by atoms with Crippen LogP contribution in [0.3, 0.4) is 0 Å². The van der Waals surface area contributed by atoms with Crippen molar-refractivity contribution >= 4 is 39.1 Å². The zero-order chi connectivity index (χ0) is 16.4. The highest BCUT2D eigenvalue weighted by atomic mass is 79.9. The van der Waals surface area contributed by atoms with Crippen molar-refractivity contribution in [1.29, 1.82) is 0 Å². The van der Waals surface area contributed by atoms with Gasteiger partial charge in [0.05, 0.1) is 15.6 Å². The summed E-state index contributed by atoms with van der Waals surface area (Å²) in [6.07, 6.45) is 1.46. The Morgan fingerprint density at radius 2 is 1.65 bits per heavy atom. The highest BCUT2D eigenvalue weighted by Gasteiger charge is 2.33. The van der Waals surface area contributed by atoms with E-state index in [1.165, 1.54) is 0 Å². The van der Waals surface area contributed by atoms with E-state index in [4.69, 9.17) is 23.2 Å². The number of hydrogen-bond donors (Lipinski definition) is 1. The van der Waals surface area contributed by atoms with Crippen molar-refractivity contribution in [3.05, 3.63) is 68.1 Å². The molecular weight excluding hydrogens is 397 g/mol. The van der Waals surface area contributed by atoms with Crippen molar-refractivity contribution in [2.24, 2.45) is 0 Å². The van der Waals surface area contributed by atoms with Crippen LogP contribution in [0, 0.1) is 0 Å². The van der Waals surface area contributed by atoms with E-state index in [2.05, 4.69) is 20.8 Å². The Hall–Kier alpha value is -0.580. The molecule has 1 aliphatic rings. The third kappa shape index (κ3) is 4.09. The van der Waals surface area contributed by atoms with E-state index in [0.717, 1.165) is 48.1 Å². The predicted octanol–water partition coefficient (Wildman–Crippen LogP) is 5.24. The molecule has 1 fully saturated rings. The van der Waals surface area contributed by atoms with Crippen molar-refractivity contribution in [2.45, 2.75) is 25.0 Å². The Kier molecular flexibility index (Phi) is 5.34. The van der Waals surface area contributed by atoms with E-state index >= 15 is 0 Å². The summed E-state index contributed by atoms with van der Waals surface area (Å²) in [5, 5.41) is 12.1. The summed E-state index contributed by atoms with van der Waals surface area (Å²) >= 11 is 15.5. The molecule has 0 spiro atoms. The Labute approximate surface area is 155 Å². The molecule has 0 aromatic heterocycles. The average molecular weight is 415 g/mol. The Morgan fingerprint density at radius 1 is 1.00 bits per heavy atom. The minimum Gasteiger partial charge on any atom is -0.385 e. The van der Waals surface area contributed by atoms with Crippen LogP contribution in [0.5, 0.6) is 0 Å².